The average Bonchev–Trinajstić information content (AvgIpc) is 2.85. The Morgan fingerprint density at radius 3 is 2.42 bits per heavy atom. The summed E-state index contributed by atoms with van der Waals surface area (Å²) >= 11 is 0.687. The first kappa shape index (κ1) is 19.8. The third-order valence-electron chi connectivity index (χ3n) is 2.85. The molecule has 0 aliphatic carbocycles. The van der Waals surface area contributed by atoms with E-state index in [-0.39, 0.29) is 35.7 Å². The number of rotatable bonds is 7. The van der Waals surface area contributed by atoms with Crippen LogP contribution in [0.15, 0.2) is 13.6 Å². The second kappa shape index (κ2) is 9.16. The molecule has 1 atom stereocenters. The second-order valence-corrected chi connectivity index (χ2v) is 5.98. The van der Waals surface area contributed by atoms with Crippen molar-refractivity contribution in [3.8, 4) is 0 Å². The van der Waals surface area contributed by atoms with Gasteiger partial charge in [0.05, 0.1) is 7.11 Å². The Labute approximate surface area is 142 Å². The number of amides is 1. The summed E-state index contributed by atoms with van der Waals surface area (Å²) in [5, 5.41) is 1.79. The minimum Gasteiger partial charge on any atom is -0.467 e. The highest BCUT2D eigenvalue weighted by atomic mass is 32.2. The van der Waals surface area contributed by atoms with Crippen molar-refractivity contribution in [2.24, 2.45) is 5.92 Å². The van der Waals surface area contributed by atoms with Gasteiger partial charge >= 0.3 is 17.1 Å². The van der Waals surface area contributed by atoms with Gasteiger partial charge in [-0.05, 0) is 18.7 Å². The Morgan fingerprint density at radius 1 is 1.25 bits per heavy atom. The lowest BCUT2D eigenvalue weighted by Crippen LogP contribution is -2.45. The smallest absolute Gasteiger partial charge is 0.467 e. The molecule has 10 heteroatoms. The van der Waals surface area contributed by atoms with Gasteiger partial charge in [-0.1, -0.05) is 13.8 Å². The second-order valence-electron chi connectivity index (χ2n) is 5.02. The lowest BCUT2D eigenvalue weighted by molar-refractivity contribution is -0.144. The van der Waals surface area contributed by atoms with E-state index in [0.29, 0.717) is 11.8 Å². The summed E-state index contributed by atoms with van der Waals surface area (Å²) in [6, 6.07) is -0.976. The van der Waals surface area contributed by atoms with Crippen molar-refractivity contribution < 1.29 is 32.7 Å². The van der Waals surface area contributed by atoms with Crippen LogP contribution in [0.5, 0.6) is 0 Å². The number of thioether (sulfide) groups is 1. The van der Waals surface area contributed by atoms with Gasteiger partial charge in [-0.15, -0.1) is 0 Å². The molecule has 0 aliphatic heterocycles. The lowest BCUT2D eigenvalue weighted by Gasteiger charge is -2.17. The Kier molecular flexibility index (Phi) is 7.56. The van der Waals surface area contributed by atoms with Crippen LogP contribution < -0.4 is 11.1 Å². The maximum Gasteiger partial charge on any atom is 0.519 e. The summed E-state index contributed by atoms with van der Waals surface area (Å²) in [7, 11) is 1.18. The Hall–Kier alpha value is -2.23. The van der Waals surface area contributed by atoms with Crippen molar-refractivity contribution in [1.82, 2.24) is 5.32 Å². The van der Waals surface area contributed by atoms with Crippen molar-refractivity contribution in [1.29, 1.82) is 0 Å². The molecule has 1 heterocycles. The van der Waals surface area contributed by atoms with Crippen molar-refractivity contribution in [3.05, 3.63) is 22.1 Å². The highest BCUT2D eigenvalue weighted by Crippen LogP contribution is 2.13. The van der Waals surface area contributed by atoms with Crippen LogP contribution >= 0.6 is 11.8 Å². The quantitative estimate of drug-likeness (QED) is 0.713. The van der Waals surface area contributed by atoms with E-state index in [0.717, 1.165) is 0 Å². The molecule has 0 radical (unpaired) electrons. The molecule has 0 fully saturated rings. The molecule has 0 aliphatic rings. The Balaban J connectivity index is 2.51. The Morgan fingerprint density at radius 2 is 1.92 bits per heavy atom. The van der Waals surface area contributed by atoms with Crippen LogP contribution in [0, 0.1) is 12.8 Å². The first-order valence-corrected chi connectivity index (χ1v) is 8.00. The molecule has 0 spiro atoms. The molecule has 24 heavy (non-hydrogen) atoms. The maximum atomic E-state index is 11.7. The van der Waals surface area contributed by atoms with Gasteiger partial charge in [0.2, 0.25) is 5.91 Å². The van der Waals surface area contributed by atoms with Gasteiger partial charge in [-0.2, -0.15) is 0 Å². The monoisotopic (exact) mass is 361 g/mol. The van der Waals surface area contributed by atoms with E-state index in [1.54, 1.807) is 13.8 Å². The van der Waals surface area contributed by atoms with Gasteiger partial charge in [0.15, 0.2) is 18.1 Å². The standard InChI is InChI=1S/C14H19NO8S/c1-7(2)11(16)15-9(12(17)20-4)6-24-14(19)21-5-10-8(3)22-13(18)23-10/h7,9H,5-6H2,1-4H3,(H,15,16)/t9-/m0/s1. The molecule has 0 unspecified atom stereocenters. The molecule has 1 aromatic heterocycles. The van der Waals surface area contributed by atoms with E-state index >= 15 is 0 Å². The highest BCUT2D eigenvalue weighted by Gasteiger charge is 2.24. The molecule has 9 nitrogen and oxygen atoms in total. The Bertz CT molecular complexity index is 647. The summed E-state index contributed by atoms with van der Waals surface area (Å²) in [6.07, 6.45) is 0. The molecule has 0 bridgehead atoms. The van der Waals surface area contributed by atoms with Crippen LogP contribution in [-0.4, -0.2) is 36.1 Å². The summed E-state index contributed by atoms with van der Waals surface area (Å²) in [6.45, 7) is 4.57. The molecule has 1 N–H and O–H groups in total. The number of esters is 1. The molecule has 1 aromatic rings. The minimum atomic E-state index is -0.976. The molecular formula is C14H19NO8S. The summed E-state index contributed by atoms with van der Waals surface area (Å²) in [4.78, 5) is 45.9. The number of methoxy groups -OCH3 is 1. The fourth-order valence-electron chi connectivity index (χ4n) is 1.47. The fourth-order valence-corrected chi connectivity index (χ4v) is 2.14. The molecule has 0 aromatic carbocycles. The number of aryl methyl sites for hydroxylation is 1. The topological polar surface area (TPSA) is 125 Å². The SMILES string of the molecule is COC(=O)[C@H](CSC(=O)OCc1oc(=O)oc1C)NC(=O)C(C)C. The number of ether oxygens (including phenoxy) is 2. The van der Waals surface area contributed by atoms with E-state index < -0.39 is 23.1 Å². The highest BCUT2D eigenvalue weighted by molar-refractivity contribution is 8.13. The summed E-state index contributed by atoms with van der Waals surface area (Å²) in [5.41, 5.74) is 0. The predicted molar refractivity (Wildman–Crippen MR) is 83.4 cm³/mol. The zero-order chi connectivity index (χ0) is 18.3. The van der Waals surface area contributed by atoms with E-state index in [9.17, 15) is 19.2 Å². The zero-order valence-electron chi connectivity index (χ0n) is 13.7. The van der Waals surface area contributed by atoms with E-state index in [2.05, 4.69) is 18.9 Å². The normalized spacial score (nSPS) is 11.9. The number of hydrogen-bond acceptors (Lipinski definition) is 9. The van der Waals surface area contributed by atoms with E-state index in [1.165, 1.54) is 14.0 Å². The molecule has 0 saturated heterocycles. The van der Waals surface area contributed by atoms with E-state index in [4.69, 9.17) is 4.74 Å². The van der Waals surface area contributed by atoms with Crippen molar-refractivity contribution >= 4 is 28.9 Å². The number of carbonyl (C=O) groups excluding carboxylic acids is 3. The number of hydrogen-bond donors (Lipinski definition) is 1. The van der Waals surface area contributed by atoms with Crippen LogP contribution in [0.4, 0.5) is 4.79 Å². The van der Waals surface area contributed by atoms with Gasteiger partial charge in [0, 0.05) is 11.7 Å². The predicted octanol–water partition coefficient (Wildman–Crippen LogP) is 1.22. The first-order valence-electron chi connectivity index (χ1n) is 7.01. The van der Waals surface area contributed by atoms with Crippen LogP contribution in [0.25, 0.3) is 0 Å². The third-order valence-corrected chi connectivity index (χ3v) is 3.70. The van der Waals surface area contributed by atoms with Crippen molar-refractivity contribution in [2.75, 3.05) is 12.9 Å². The molecule has 0 saturated carbocycles. The van der Waals surface area contributed by atoms with Crippen LogP contribution in [-0.2, 0) is 25.7 Å². The number of nitrogens with one attached hydrogen (secondary N) is 1. The first-order chi connectivity index (χ1) is 11.2. The van der Waals surface area contributed by atoms with E-state index in [1.807, 2.05) is 0 Å². The number of carbonyl (C=O) groups is 3. The zero-order valence-corrected chi connectivity index (χ0v) is 14.6. The van der Waals surface area contributed by atoms with Gasteiger partial charge in [0.1, 0.15) is 6.04 Å². The van der Waals surface area contributed by atoms with Crippen molar-refractivity contribution in [3.63, 3.8) is 0 Å². The molecule has 1 amide bonds. The van der Waals surface area contributed by atoms with Gasteiger partial charge in [0.25, 0.3) is 0 Å². The molecule has 1 rings (SSSR count). The van der Waals surface area contributed by atoms with Gasteiger partial charge in [-0.3, -0.25) is 4.79 Å². The van der Waals surface area contributed by atoms with Crippen molar-refractivity contribution in [2.45, 2.75) is 33.4 Å². The largest absolute Gasteiger partial charge is 0.519 e. The average molecular weight is 361 g/mol. The third kappa shape index (κ3) is 6.11. The molecule has 134 valence electrons. The van der Waals surface area contributed by atoms with Gasteiger partial charge in [-0.25, -0.2) is 14.4 Å². The van der Waals surface area contributed by atoms with Crippen LogP contribution in [0.3, 0.4) is 0 Å². The van der Waals surface area contributed by atoms with Gasteiger partial charge < -0.3 is 23.6 Å². The summed E-state index contributed by atoms with van der Waals surface area (Å²) < 4.78 is 18.8. The lowest BCUT2D eigenvalue weighted by atomic mass is 10.2. The fraction of sp³-hybridized carbons (Fsp3) is 0.571. The molecular weight excluding hydrogens is 342 g/mol. The minimum absolute atomic E-state index is 0.0573. The summed E-state index contributed by atoms with van der Waals surface area (Å²) in [5.74, 6) is -1.94. The van der Waals surface area contributed by atoms with Crippen LogP contribution in [0.1, 0.15) is 25.4 Å². The van der Waals surface area contributed by atoms with Crippen LogP contribution in [0.2, 0.25) is 0 Å². The maximum absolute atomic E-state index is 11.7.